The Labute approximate surface area is 195 Å². The molecule has 154 valence electrons. The van der Waals surface area contributed by atoms with E-state index in [1.807, 2.05) is 12.2 Å². The Morgan fingerprint density at radius 3 is 2.11 bits per heavy atom. The second-order valence-electron chi connectivity index (χ2n) is 7.06. The number of allylic oxidation sites excluding steroid dienone is 4. The summed E-state index contributed by atoms with van der Waals surface area (Å²) >= 11 is 44.5. The van der Waals surface area contributed by atoms with Crippen molar-refractivity contribution in [3.63, 3.8) is 0 Å². The Kier molecular flexibility index (Phi) is 8.08. The molecule has 0 aliphatic heterocycles. The minimum absolute atomic E-state index is 0.205. The van der Waals surface area contributed by atoms with Crippen molar-refractivity contribution in [3.8, 4) is 0 Å². The topological polar surface area (TPSA) is 37.3 Å². The molecule has 0 saturated heterocycles. The minimum atomic E-state index is -1.48. The molecule has 1 fully saturated rings. The van der Waals surface area contributed by atoms with Crippen LogP contribution in [0.4, 0.5) is 0 Å². The monoisotopic (exact) mass is 514 g/mol. The van der Waals surface area contributed by atoms with E-state index in [1.54, 1.807) is 0 Å². The number of carbonyl (C=O) groups is 1. The van der Waals surface area contributed by atoms with Crippen molar-refractivity contribution in [3.05, 3.63) is 22.2 Å². The molecule has 27 heavy (non-hydrogen) atoms. The summed E-state index contributed by atoms with van der Waals surface area (Å²) in [5.41, 5.74) is 0. The molecule has 2 bridgehead atoms. The van der Waals surface area contributed by atoms with Gasteiger partial charge in [-0.1, -0.05) is 91.2 Å². The SMILES string of the molecule is CCCCCCCC(=O)O.ClC1=C(Cl)C2(Cl)C3C(Cl)C=CC3C1(Cl)C2(Cl)Cl. The number of aliphatic carboxylic acids is 1. The van der Waals surface area contributed by atoms with Crippen LogP contribution in [-0.4, -0.2) is 30.5 Å². The second-order valence-corrected chi connectivity index (χ2v) is 10.8. The number of rotatable bonds is 6. The van der Waals surface area contributed by atoms with Crippen LogP contribution in [0.15, 0.2) is 22.2 Å². The standard InChI is InChI=1S/C10H5Cl7.C8H16O2/c11-4-2-1-3-5(4)9(15)7(13)6(12)8(3,14)10(9,16)17;1-2-3-4-5-6-7-8(9)10/h1-5H;2-7H2,1H3,(H,9,10). The molecule has 5 atom stereocenters. The van der Waals surface area contributed by atoms with E-state index >= 15 is 0 Å². The molecule has 1 saturated carbocycles. The summed E-state index contributed by atoms with van der Waals surface area (Å²) < 4.78 is -1.48. The molecular weight excluding hydrogens is 496 g/mol. The number of carboxylic acids is 1. The van der Waals surface area contributed by atoms with Crippen molar-refractivity contribution in [2.75, 3.05) is 0 Å². The number of alkyl halides is 5. The molecule has 0 aromatic heterocycles. The van der Waals surface area contributed by atoms with Crippen LogP contribution in [0.5, 0.6) is 0 Å². The first-order valence-electron chi connectivity index (χ1n) is 8.83. The van der Waals surface area contributed by atoms with Gasteiger partial charge in [-0.25, -0.2) is 0 Å². The van der Waals surface area contributed by atoms with Gasteiger partial charge in [0, 0.05) is 18.3 Å². The van der Waals surface area contributed by atoms with Gasteiger partial charge in [-0.15, -0.1) is 34.8 Å². The molecule has 5 unspecified atom stereocenters. The van der Waals surface area contributed by atoms with Crippen LogP contribution in [-0.2, 0) is 4.79 Å². The van der Waals surface area contributed by atoms with Gasteiger partial charge in [0.2, 0.25) is 0 Å². The first-order chi connectivity index (χ1) is 12.5. The van der Waals surface area contributed by atoms with Crippen molar-refractivity contribution in [2.45, 2.75) is 64.9 Å². The lowest BCUT2D eigenvalue weighted by Gasteiger charge is -2.34. The average Bonchev–Trinajstić information content (AvgIpc) is 3.08. The summed E-state index contributed by atoms with van der Waals surface area (Å²) in [4.78, 5) is 7.59. The minimum Gasteiger partial charge on any atom is -0.481 e. The van der Waals surface area contributed by atoms with Crippen molar-refractivity contribution in [1.82, 2.24) is 0 Å². The van der Waals surface area contributed by atoms with E-state index in [9.17, 15) is 4.79 Å². The molecule has 9 heteroatoms. The summed E-state index contributed by atoms with van der Waals surface area (Å²) in [5.74, 6) is -1.14. The van der Waals surface area contributed by atoms with Crippen molar-refractivity contribution in [1.29, 1.82) is 0 Å². The normalized spacial score (nSPS) is 38.0. The smallest absolute Gasteiger partial charge is 0.303 e. The highest BCUT2D eigenvalue weighted by atomic mass is 35.5. The van der Waals surface area contributed by atoms with Crippen LogP contribution < -0.4 is 0 Å². The Morgan fingerprint density at radius 1 is 1.00 bits per heavy atom. The fourth-order valence-corrected chi connectivity index (χ4v) is 7.48. The van der Waals surface area contributed by atoms with Gasteiger partial charge >= 0.3 is 5.97 Å². The lowest BCUT2D eigenvalue weighted by Crippen LogP contribution is -2.45. The summed E-state index contributed by atoms with van der Waals surface area (Å²) in [6, 6.07) is 0. The predicted molar refractivity (Wildman–Crippen MR) is 117 cm³/mol. The van der Waals surface area contributed by atoms with Crippen LogP contribution in [0, 0.1) is 11.8 Å². The predicted octanol–water partition coefficient (Wildman–Crippen LogP) is 7.67. The number of fused-ring (bicyclic) bond motifs is 5. The van der Waals surface area contributed by atoms with Crippen LogP contribution >= 0.6 is 81.2 Å². The zero-order valence-corrected chi connectivity index (χ0v) is 19.9. The van der Waals surface area contributed by atoms with Gasteiger partial charge in [-0.05, 0) is 6.42 Å². The van der Waals surface area contributed by atoms with Crippen LogP contribution in [0.2, 0.25) is 0 Å². The Hall–Kier alpha value is 0.980. The number of carboxylic acid groups (broad SMARTS) is 1. The Balaban J connectivity index is 0.000000227. The molecule has 3 rings (SSSR count). The van der Waals surface area contributed by atoms with Crippen molar-refractivity contribution < 1.29 is 9.90 Å². The maximum Gasteiger partial charge on any atom is 0.303 e. The van der Waals surface area contributed by atoms with E-state index < -0.39 is 20.1 Å². The van der Waals surface area contributed by atoms with Gasteiger partial charge in [0.1, 0.15) is 9.75 Å². The number of unbranched alkanes of at least 4 members (excludes halogenated alkanes) is 4. The first kappa shape index (κ1) is 24.3. The maximum atomic E-state index is 10.0. The van der Waals surface area contributed by atoms with Crippen LogP contribution in [0.1, 0.15) is 45.4 Å². The van der Waals surface area contributed by atoms with E-state index in [0.717, 1.165) is 12.8 Å². The van der Waals surface area contributed by atoms with Gasteiger partial charge in [-0.2, -0.15) is 0 Å². The van der Waals surface area contributed by atoms with Gasteiger partial charge in [-0.3, -0.25) is 4.79 Å². The zero-order valence-electron chi connectivity index (χ0n) is 14.6. The Morgan fingerprint density at radius 2 is 1.56 bits per heavy atom. The van der Waals surface area contributed by atoms with Crippen molar-refractivity contribution in [2.24, 2.45) is 11.8 Å². The highest BCUT2D eigenvalue weighted by Crippen LogP contribution is 2.78. The summed E-state index contributed by atoms with van der Waals surface area (Å²) in [6.45, 7) is 2.15. The van der Waals surface area contributed by atoms with E-state index in [2.05, 4.69) is 6.92 Å². The largest absolute Gasteiger partial charge is 0.481 e. The molecule has 0 amide bonds. The summed E-state index contributed by atoms with van der Waals surface area (Å²) in [7, 11) is 0. The molecule has 3 aliphatic carbocycles. The number of hydrogen-bond donors (Lipinski definition) is 1. The van der Waals surface area contributed by atoms with Gasteiger partial charge < -0.3 is 5.11 Å². The summed E-state index contributed by atoms with van der Waals surface area (Å²) in [6.07, 6.45) is 9.58. The second kappa shape index (κ2) is 9.00. The fraction of sp³-hybridized carbons (Fsp3) is 0.722. The third kappa shape index (κ3) is 3.75. The molecule has 2 nitrogen and oxygen atoms in total. The fourth-order valence-electron chi connectivity index (χ4n) is 3.96. The van der Waals surface area contributed by atoms with Crippen LogP contribution in [0.25, 0.3) is 0 Å². The highest BCUT2D eigenvalue weighted by Gasteiger charge is 2.83. The first-order valence-corrected chi connectivity index (χ1v) is 11.5. The lowest BCUT2D eigenvalue weighted by atomic mass is 9.84. The molecule has 0 spiro atoms. The quantitative estimate of drug-likeness (QED) is 0.223. The van der Waals surface area contributed by atoms with E-state index in [4.69, 9.17) is 86.3 Å². The van der Waals surface area contributed by atoms with Gasteiger partial charge in [0.05, 0.1) is 15.4 Å². The van der Waals surface area contributed by atoms with Gasteiger partial charge in [0.15, 0.2) is 4.33 Å². The third-order valence-electron chi connectivity index (χ3n) is 5.39. The van der Waals surface area contributed by atoms with E-state index in [0.29, 0.717) is 6.42 Å². The third-order valence-corrected chi connectivity index (χ3v) is 10.1. The molecule has 3 aliphatic rings. The highest BCUT2D eigenvalue weighted by molar-refractivity contribution is 6.66. The Bertz CT molecular complexity index is 648. The zero-order chi connectivity index (χ0) is 20.6. The molecule has 0 radical (unpaired) electrons. The summed E-state index contributed by atoms with van der Waals surface area (Å²) in [5, 5.41) is 8.38. The molecular formula is C18H21Cl7O2. The number of halogens is 7. The lowest BCUT2D eigenvalue weighted by molar-refractivity contribution is -0.137. The molecule has 1 N–H and O–H groups in total. The molecule has 0 heterocycles. The average molecular weight is 518 g/mol. The van der Waals surface area contributed by atoms with Crippen molar-refractivity contribution >= 4 is 87.2 Å². The van der Waals surface area contributed by atoms with Gasteiger partial charge in [0.25, 0.3) is 0 Å². The van der Waals surface area contributed by atoms with E-state index in [1.165, 1.54) is 19.3 Å². The van der Waals surface area contributed by atoms with E-state index in [-0.39, 0.29) is 27.3 Å². The van der Waals surface area contributed by atoms with Crippen LogP contribution in [0.3, 0.4) is 0 Å². The molecule has 0 aromatic carbocycles. The maximum absolute atomic E-state index is 10.0. The number of hydrogen-bond acceptors (Lipinski definition) is 1. The molecule has 0 aromatic rings.